The van der Waals surface area contributed by atoms with E-state index in [0.717, 1.165) is 51.9 Å². The van der Waals surface area contributed by atoms with Crippen LogP contribution in [0, 0.1) is 0 Å². The second kappa shape index (κ2) is 11.2. The number of carbonyl (C=O) groups is 1. The van der Waals surface area contributed by atoms with E-state index in [1.165, 1.54) is 0 Å². The summed E-state index contributed by atoms with van der Waals surface area (Å²) in [6, 6.07) is 1.10. The van der Waals surface area contributed by atoms with Gasteiger partial charge in [-0.1, -0.05) is 0 Å². The Kier molecular flexibility index (Phi) is 9.69. The lowest BCUT2D eigenvalue weighted by molar-refractivity contribution is 0.0281. The highest BCUT2D eigenvalue weighted by molar-refractivity contribution is 6.26. The Morgan fingerprint density at radius 1 is 1.42 bits per heavy atom. The smallest absolute Gasteiger partial charge is 0.407 e. The van der Waals surface area contributed by atoms with E-state index >= 15 is 0 Å². The molecule has 1 saturated heterocycles. The number of alkyl carbamates (subject to hydrolysis) is 1. The van der Waals surface area contributed by atoms with Gasteiger partial charge < -0.3 is 19.2 Å². The number of nitrogens with one attached hydrogen (secondary N) is 1. The van der Waals surface area contributed by atoms with Crippen LogP contribution in [-0.4, -0.2) is 73.4 Å². The molecule has 1 amide bonds. The quantitative estimate of drug-likeness (QED) is 0.477. The van der Waals surface area contributed by atoms with Gasteiger partial charge in [-0.05, 0) is 19.4 Å². The molecule has 112 valence electrons. The number of ether oxygens (including phenoxy) is 2. The van der Waals surface area contributed by atoms with Crippen LogP contribution in [0.1, 0.15) is 13.3 Å². The topological polar surface area (TPSA) is 60.0 Å². The van der Waals surface area contributed by atoms with Crippen LogP contribution in [0.4, 0.5) is 4.79 Å². The van der Waals surface area contributed by atoms with E-state index in [0.29, 0.717) is 13.2 Å². The highest BCUT2D eigenvalue weighted by Crippen LogP contribution is 1.96. The lowest BCUT2D eigenvalue weighted by Crippen LogP contribution is -2.39. The summed E-state index contributed by atoms with van der Waals surface area (Å²) >= 11 is 0. The van der Waals surface area contributed by atoms with Gasteiger partial charge in [-0.2, -0.15) is 0 Å². The van der Waals surface area contributed by atoms with Crippen molar-refractivity contribution < 1.29 is 18.7 Å². The number of amides is 1. The fourth-order valence-corrected chi connectivity index (χ4v) is 2.75. The number of nitrogens with zero attached hydrogens (tertiary/aromatic N) is 1. The predicted molar refractivity (Wildman–Crippen MR) is 76.2 cm³/mol. The van der Waals surface area contributed by atoms with Crippen molar-refractivity contribution in [1.82, 2.24) is 10.2 Å². The molecule has 0 aromatic carbocycles. The second-order valence-corrected chi connectivity index (χ2v) is 5.94. The number of morpholine rings is 1. The number of carbonyl (C=O) groups excluding carboxylic acids is 1. The number of hydrogen-bond acceptors (Lipinski definition) is 5. The highest BCUT2D eigenvalue weighted by Gasteiger charge is 2.10. The van der Waals surface area contributed by atoms with Crippen LogP contribution in [-0.2, 0) is 13.9 Å². The largest absolute Gasteiger partial charge is 0.448 e. The van der Waals surface area contributed by atoms with E-state index in [1.54, 1.807) is 0 Å². The van der Waals surface area contributed by atoms with Crippen LogP contribution in [0.15, 0.2) is 0 Å². The van der Waals surface area contributed by atoms with Crippen molar-refractivity contribution in [2.45, 2.75) is 19.4 Å². The third-order valence-corrected chi connectivity index (χ3v) is 4.42. The summed E-state index contributed by atoms with van der Waals surface area (Å²) in [5.74, 6) is 0. The minimum absolute atomic E-state index is 0.314. The maximum absolute atomic E-state index is 11.4. The molecule has 6 nitrogen and oxygen atoms in total. The van der Waals surface area contributed by atoms with Gasteiger partial charge in [0.2, 0.25) is 0 Å². The minimum Gasteiger partial charge on any atom is -0.448 e. The van der Waals surface area contributed by atoms with Gasteiger partial charge in [0.15, 0.2) is 9.76 Å². The summed E-state index contributed by atoms with van der Waals surface area (Å²) in [6.07, 6.45) is 0.663. The maximum atomic E-state index is 11.4. The zero-order valence-electron chi connectivity index (χ0n) is 11.9. The fraction of sp³-hybridized carbons (Fsp3) is 0.917. The van der Waals surface area contributed by atoms with Crippen molar-refractivity contribution in [1.29, 1.82) is 0 Å². The second-order valence-electron chi connectivity index (χ2n) is 4.42. The third-order valence-electron chi connectivity index (χ3n) is 2.93. The third kappa shape index (κ3) is 8.98. The summed E-state index contributed by atoms with van der Waals surface area (Å²) in [4.78, 5) is 13.6. The SMILES string of the molecule is CCO[SiH2]CCCNC(=O)OCCN1CCOCC1. The molecule has 0 bridgehead atoms. The Morgan fingerprint density at radius 3 is 2.95 bits per heavy atom. The van der Waals surface area contributed by atoms with Crippen molar-refractivity contribution in [2.24, 2.45) is 0 Å². The molecule has 1 rings (SSSR count). The van der Waals surface area contributed by atoms with Crippen LogP contribution in [0.3, 0.4) is 0 Å². The minimum atomic E-state index is -0.374. The van der Waals surface area contributed by atoms with Crippen LogP contribution < -0.4 is 5.32 Å². The lowest BCUT2D eigenvalue weighted by atomic mass is 10.4. The zero-order chi connectivity index (χ0) is 13.8. The Morgan fingerprint density at radius 2 is 2.21 bits per heavy atom. The standard InChI is InChI=1S/C12H26N2O4Si/c1-2-18-19-11-3-4-13-12(15)17-10-7-14-5-8-16-9-6-14/h2-11,19H2,1H3,(H,13,15). The molecule has 1 aliphatic heterocycles. The highest BCUT2D eigenvalue weighted by atomic mass is 28.2. The monoisotopic (exact) mass is 290 g/mol. The fourth-order valence-electron chi connectivity index (χ4n) is 1.81. The maximum Gasteiger partial charge on any atom is 0.407 e. The molecule has 0 aliphatic carbocycles. The average Bonchev–Trinajstić information content (AvgIpc) is 2.44. The van der Waals surface area contributed by atoms with Gasteiger partial charge in [-0.15, -0.1) is 0 Å². The molecule has 0 spiro atoms. The molecule has 1 N–H and O–H groups in total. The van der Waals surface area contributed by atoms with Gasteiger partial charge in [-0.3, -0.25) is 4.90 Å². The lowest BCUT2D eigenvalue weighted by Gasteiger charge is -2.26. The number of hydrogen-bond donors (Lipinski definition) is 1. The zero-order valence-corrected chi connectivity index (χ0v) is 13.3. The van der Waals surface area contributed by atoms with E-state index < -0.39 is 0 Å². The Labute approximate surface area is 117 Å². The molecule has 0 saturated carbocycles. The van der Waals surface area contributed by atoms with Crippen molar-refractivity contribution >= 4 is 15.9 Å². The molecule has 1 aliphatic rings. The van der Waals surface area contributed by atoms with Gasteiger partial charge in [0.25, 0.3) is 0 Å². The molecule has 0 atom stereocenters. The average molecular weight is 290 g/mol. The summed E-state index contributed by atoms with van der Waals surface area (Å²) < 4.78 is 15.7. The predicted octanol–water partition coefficient (Wildman–Crippen LogP) is -0.0265. The molecule has 0 unspecified atom stereocenters. The molecule has 0 aromatic heterocycles. The molecule has 0 aromatic rings. The van der Waals surface area contributed by atoms with E-state index in [1.807, 2.05) is 6.92 Å². The number of rotatable bonds is 9. The van der Waals surface area contributed by atoms with E-state index in [4.69, 9.17) is 13.9 Å². The van der Waals surface area contributed by atoms with Crippen LogP contribution in [0.5, 0.6) is 0 Å². The van der Waals surface area contributed by atoms with E-state index in [-0.39, 0.29) is 15.9 Å². The Hall–Kier alpha value is -0.633. The summed E-state index contributed by atoms with van der Waals surface area (Å²) in [7, 11) is -0.374. The van der Waals surface area contributed by atoms with Crippen LogP contribution in [0.25, 0.3) is 0 Å². The van der Waals surface area contributed by atoms with Crippen molar-refractivity contribution in [3.8, 4) is 0 Å². The van der Waals surface area contributed by atoms with Gasteiger partial charge in [-0.25, -0.2) is 4.79 Å². The van der Waals surface area contributed by atoms with Crippen LogP contribution >= 0.6 is 0 Å². The van der Waals surface area contributed by atoms with E-state index in [2.05, 4.69) is 10.2 Å². The molecular formula is C12H26N2O4Si. The van der Waals surface area contributed by atoms with E-state index in [9.17, 15) is 4.79 Å². The Balaban J connectivity index is 1.87. The summed E-state index contributed by atoms with van der Waals surface area (Å²) in [5.41, 5.74) is 0. The van der Waals surface area contributed by atoms with Crippen molar-refractivity contribution in [3.05, 3.63) is 0 Å². The van der Waals surface area contributed by atoms with Crippen molar-refractivity contribution in [2.75, 3.05) is 52.6 Å². The molecular weight excluding hydrogens is 264 g/mol. The molecule has 1 heterocycles. The first kappa shape index (κ1) is 16.4. The molecule has 1 fully saturated rings. The van der Waals surface area contributed by atoms with Crippen molar-refractivity contribution in [3.63, 3.8) is 0 Å². The first-order valence-corrected chi connectivity index (χ1v) is 8.69. The Bertz CT molecular complexity index is 238. The summed E-state index contributed by atoms with van der Waals surface area (Å²) in [6.45, 7) is 8.12. The molecule has 0 radical (unpaired) electrons. The first-order chi connectivity index (χ1) is 9.33. The summed E-state index contributed by atoms with van der Waals surface area (Å²) in [5, 5.41) is 2.76. The first-order valence-electron chi connectivity index (χ1n) is 7.11. The molecule has 7 heteroatoms. The normalized spacial score (nSPS) is 16.9. The van der Waals surface area contributed by atoms with Gasteiger partial charge in [0, 0.05) is 32.8 Å². The molecule has 19 heavy (non-hydrogen) atoms. The van der Waals surface area contributed by atoms with Gasteiger partial charge in [0.05, 0.1) is 13.2 Å². The van der Waals surface area contributed by atoms with Gasteiger partial charge in [0.1, 0.15) is 6.61 Å². The van der Waals surface area contributed by atoms with Crippen LogP contribution in [0.2, 0.25) is 6.04 Å². The van der Waals surface area contributed by atoms with Gasteiger partial charge >= 0.3 is 6.09 Å².